The standard InChI is InChI=1S/C20H24ClN3O3S/c1-19(2,3)24-16(25)13-12(8-9-28-4)23-20(14(13)17(24)26)10-6-5-7-11(21)15(10)22-18(20)27/h5-7,12-14,23H,8-9H2,1-4H3,(H,22,27)/p+1/t12-,13-,14-,20-/m1/s1. The number of halogens is 1. The number of hydrogen-bond donors (Lipinski definition) is 2. The Morgan fingerprint density at radius 1 is 1.25 bits per heavy atom. The van der Waals surface area contributed by atoms with Crippen LogP contribution >= 0.6 is 23.4 Å². The molecule has 0 saturated carbocycles. The zero-order chi connectivity index (χ0) is 20.4. The second-order valence-electron chi connectivity index (χ2n) is 8.78. The molecule has 2 fully saturated rings. The van der Waals surface area contributed by atoms with Crippen LogP contribution in [0, 0.1) is 11.8 Å². The molecule has 6 nitrogen and oxygen atoms in total. The minimum Gasteiger partial charge on any atom is -0.326 e. The third kappa shape index (κ3) is 2.49. The number of likely N-dealkylation sites (tertiary alicyclic amines) is 1. The summed E-state index contributed by atoms with van der Waals surface area (Å²) in [6, 6.07) is 5.24. The van der Waals surface area contributed by atoms with Gasteiger partial charge in [0.2, 0.25) is 17.4 Å². The zero-order valence-corrected chi connectivity index (χ0v) is 18.0. The highest BCUT2D eigenvalue weighted by Gasteiger charge is 2.74. The van der Waals surface area contributed by atoms with Crippen molar-refractivity contribution in [1.82, 2.24) is 4.90 Å². The van der Waals surface area contributed by atoms with Gasteiger partial charge >= 0.3 is 0 Å². The number of carbonyl (C=O) groups excluding carboxylic acids is 3. The minimum absolute atomic E-state index is 0.128. The molecule has 0 radical (unpaired) electrons. The molecule has 4 rings (SSSR count). The van der Waals surface area contributed by atoms with Crippen LogP contribution in [0.2, 0.25) is 5.02 Å². The SMILES string of the molecule is CSCC[C@H]1[NH2+][C@@]2(C(=O)Nc3c(Cl)cccc32)[C@H]2C(=O)N(C(C)(C)C)C(=O)[C@H]12. The zero-order valence-electron chi connectivity index (χ0n) is 16.4. The number of nitrogens with two attached hydrogens (primary N) is 1. The lowest BCUT2D eigenvalue weighted by Gasteiger charge is -2.33. The molecule has 3 aliphatic heterocycles. The molecular weight excluding hydrogens is 398 g/mol. The first-order chi connectivity index (χ1) is 13.1. The second kappa shape index (κ2) is 6.47. The van der Waals surface area contributed by atoms with Gasteiger partial charge in [-0.05, 0) is 44.9 Å². The van der Waals surface area contributed by atoms with Crippen LogP contribution in [0.25, 0.3) is 0 Å². The summed E-state index contributed by atoms with van der Waals surface area (Å²) < 4.78 is 0. The van der Waals surface area contributed by atoms with E-state index in [2.05, 4.69) is 5.32 Å². The highest BCUT2D eigenvalue weighted by Crippen LogP contribution is 2.51. The highest BCUT2D eigenvalue weighted by molar-refractivity contribution is 7.98. The topological polar surface area (TPSA) is 83.1 Å². The van der Waals surface area contributed by atoms with E-state index in [0.717, 1.165) is 12.2 Å². The van der Waals surface area contributed by atoms with E-state index in [1.54, 1.807) is 23.9 Å². The Bertz CT molecular complexity index is 884. The molecule has 8 heteroatoms. The first-order valence-corrected chi connectivity index (χ1v) is 11.2. The van der Waals surface area contributed by atoms with Crippen molar-refractivity contribution in [3.8, 4) is 0 Å². The number of amides is 3. The molecule has 3 N–H and O–H groups in total. The van der Waals surface area contributed by atoms with Gasteiger partial charge in [-0.3, -0.25) is 19.3 Å². The summed E-state index contributed by atoms with van der Waals surface area (Å²) in [5.74, 6) is -1.03. The van der Waals surface area contributed by atoms with Crippen molar-refractivity contribution in [3.05, 3.63) is 28.8 Å². The molecule has 3 amide bonds. The first kappa shape index (κ1) is 19.7. The second-order valence-corrected chi connectivity index (χ2v) is 10.2. The van der Waals surface area contributed by atoms with Gasteiger partial charge in [-0.2, -0.15) is 11.8 Å². The Balaban J connectivity index is 1.89. The van der Waals surface area contributed by atoms with Gasteiger partial charge in [0.05, 0.1) is 10.7 Å². The van der Waals surface area contributed by atoms with Crippen molar-refractivity contribution in [1.29, 1.82) is 0 Å². The molecule has 1 aromatic carbocycles. The Kier molecular flexibility index (Phi) is 4.56. The highest BCUT2D eigenvalue weighted by atomic mass is 35.5. The minimum atomic E-state index is -1.14. The lowest BCUT2D eigenvalue weighted by Crippen LogP contribution is -2.99. The van der Waals surface area contributed by atoms with E-state index in [1.807, 2.05) is 38.4 Å². The van der Waals surface area contributed by atoms with Crippen molar-refractivity contribution in [2.75, 3.05) is 17.3 Å². The average Bonchev–Trinajstić information content (AvgIpc) is 3.19. The van der Waals surface area contributed by atoms with Gasteiger partial charge in [0.1, 0.15) is 17.9 Å². The molecule has 3 heterocycles. The van der Waals surface area contributed by atoms with E-state index in [9.17, 15) is 14.4 Å². The molecule has 0 aliphatic carbocycles. The maximum Gasteiger partial charge on any atom is 0.291 e. The number of nitrogens with zero attached hydrogens (tertiary/aromatic N) is 1. The molecule has 2 saturated heterocycles. The van der Waals surface area contributed by atoms with E-state index >= 15 is 0 Å². The van der Waals surface area contributed by atoms with Gasteiger partial charge in [0.15, 0.2) is 0 Å². The summed E-state index contributed by atoms with van der Waals surface area (Å²) in [4.78, 5) is 41.6. The van der Waals surface area contributed by atoms with Crippen molar-refractivity contribution in [2.45, 2.75) is 44.3 Å². The Morgan fingerprint density at radius 2 is 1.96 bits per heavy atom. The number of anilines is 1. The normalized spacial score (nSPS) is 31.5. The fraction of sp³-hybridized carbons (Fsp3) is 0.550. The van der Waals surface area contributed by atoms with Crippen LogP contribution < -0.4 is 10.6 Å². The summed E-state index contributed by atoms with van der Waals surface area (Å²) in [6.07, 6.45) is 2.77. The molecule has 0 aromatic heterocycles. The number of para-hydroxylation sites is 1. The van der Waals surface area contributed by atoms with Crippen LogP contribution in [0.4, 0.5) is 5.69 Å². The third-order valence-corrected chi connectivity index (χ3v) is 7.14. The van der Waals surface area contributed by atoms with Crippen molar-refractivity contribution in [3.63, 3.8) is 0 Å². The van der Waals surface area contributed by atoms with Crippen LogP contribution in [0.1, 0.15) is 32.8 Å². The van der Waals surface area contributed by atoms with Crippen LogP contribution in [0.5, 0.6) is 0 Å². The number of thioether (sulfide) groups is 1. The molecule has 0 unspecified atom stereocenters. The predicted octanol–water partition coefficient (Wildman–Crippen LogP) is 1.59. The summed E-state index contributed by atoms with van der Waals surface area (Å²) in [5.41, 5.74) is -0.496. The largest absolute Gasteiger partial charge is 0.326 e. The summed E-state index contributed by atoms with van der Waals surface area (Å²) in [6.45, 7) is 5.57. The first-order valence-electron chi connectivity index (χ1n) is 9.48. The fourth-order valence-electron chi connectivity index (χ4n) is 5.13. The van der Waals surface area contributed by atoms with Gasteiger partial charge < -0.3 is 10.6 Å². The number of fused-ring (bicyclic) bond motifs is 4. The lowest BCUT2D eigenvalue weighted by molar-refractivity contribution is -0.733. The maximum absolute atomic E-state index is 13.5. The number of hydrogen-bond acceptors (Lipinski definition) is 4. The summed E-state index contributed by atoms with van der Waals surface area (Å²) >= 11 is 8.03. The average molecular weight is 423 g/mol. The van der Waals surface area contributed by atoms with Crippen molar-refractivity contribution < 1.29 is 19.7 Å². The van der Waals surface area contributed by atoms with Crippen LogP contribution in [-0.4, -0.2) is 46.2 Å². The molecule has 3 aliphatic rings. The summed E-state index contributed by atoms with van der Waals surface area (Å²) in [7, 11) is 0. The molecule has 0 bridgehead atoms. The molecule has 1 aromatic rings. The number of imide groups is 1. The number of rotatable bonds is 3. The molecular formula is C20H25ClN3O3S+. The molecule has 28 heavy (non-hydrogen) atoms. The number of benzene rings is 1. The van der Waals surface area contributed by atoms with E-state index in [1.165, 1.54) is 4.90 Å². The van der Waals surface area contributed by atoms with E-state index in [-0.39, 0.29) is 23.8 Å². The lowest BCUT2D eigenvalue weighted by atomic mass is 9.76. The fourth-order valence-corrected chi connectivity index (χ4v) is 5.86. The quantitative estimate of drug-likeness (QED) is 0.724. The molecule has 150 valence electrons. The Morgan fingerprint density at radius 3 is 2.61 bits per heavy atom. The maximum atomic E-state index is 13.5. The Labute approximate surface area is 173 Å². The van der Waals surface area contributed by atoms with Gasteiger partial charge in [-0.1, -0.05) is 17.7 Å². The predicted molar refractivity (Wildman–Crippen MR) is 109 cm³/mol. The van der Waals surface area contributed by atoms with Gasteiger partial charge in [0.25, 0.3) is 5.91 Å². The van der Waals surface area contributed by atoms with Crippen molar-refractivity contribution >= 4 is 46.8 Å². The number of nitrogens with one attached hydrogen (secondary N) is 1. The van der Waals surface area contributed by atoms with E-state index in [0.29, 0.717) is 16.3 Å². The number of carbonyl (C=O) groups is 3. The van der Waals surface area contributed by atoms with E-state index in [4.69, 9.17) is 11.6 Å². The molecule has 4 atom stereocenters. The van der Waals surface area contributed by atoms with Crippen LogP contribution in [0.3, 0.4) is 0 Å². The molecule has 1 spiro atoms. The van der Waals surface area contributed by atoms with Gasteiger partial charge in [-0.25, -0.2) is 0 Å². The van der Waals surface area contributed by atoms with Crippen LogP contribution in [0.15, 0.2) is 18.2 Å². The van der Waals surface area contributed by atoms with Gasteiger partial charge in [-0.15, -0.1) is 0 Å². The smallest absolute Gasteiger partial charge is 0.291 e. The van der Waals surface area contributed by atoms with Crippen LogP contribution in [-0.2, 0) is 19.9 Å². The van der Waals surface area contributed by atoms with E-state index < -0.39 is 22.9 Å². The monoisotopic (exact) mass is 422 g/mol. The Hall–Kier alpha value is -1.57. The summed E-state index contributed by atoms with van der Waals surface area (Å²) in [5, 5.41) is 5.30. The third-order valence-electron chi connectivity index (χ3n) is 6.18. The van der Waals surface area contributed by atoms with Crippen molar-refractivity contribution in [2.24, 2.45) is 11.8 Å². The van der Waals surface area contributed by atoms with Gasteiger partial charge in [0, 0.05) is 17.5 Å². The number of quaternary nitrogens is 1.